The van der Waals surface area contributed by atoms with Crippen LogP contribution in [0, 0.1) is 12.8 Å². The van der Waals surface area contributed by atoms with Crippen molar-refractivity contribution < 1.29 is 22.7 Å². The zero-order chi connectivity index (χ0) is 22.4. The number of carbonyl (C=O) groups excluding carboxylic acids is 2. The molecule has 1 N–H and O–H groups in total. The van der Waals surface area contributed by atoms with Crippen LogP contribution in [-0.2, 0) is 26.3 Å². The normalized spacial score (nSPS) is 21.0. The average Bonchev–Trinajstić information content (AvgIpc) is 2.79. The number of nitrogens with one attached hydrogen (secondary N) is 1. The highest BCUT2D eigenvalue weighted by Crippen LogP contribution is 2.22. The van der Waals surface area contributed by atoms with Crippen LogP contribution < -0.4 is 5.32 Å². The fraction of sp³-hybridized carbons (Fsp3) is 0.619. The first-order valence-electron chi connectivity index (χ1n) is 10.8. The van der Waals surface area contributed by atoms with Gasteiger partial charge in [0.15, 0.2) is 0 Å². The van der Waals surface area contributed by atoms with Gasteiger partial charge in [0.1, 0.15) is 0 Å². The molecule has 2 amide bonds. The zero-order valence-electron chi connectivity index (χ0n) is 18.2. The number of hydrogen-bond acceptors (Lipinski definition) is 5. The summed E-state index contributed by atoms with van der Waals surface area (Å²) in [4.78, 5) is 26.0. The molecule has 0 aliphatic carbocycles. The number of benzene rings is 1. The molecule has 9 nitrogen and oxygen atoms in total. The lowest BCUT2D eigenvalue weighted by Crippen LogP contribution is -2.56. The second kappa shape index (κ2) is 10.4. The Morgan fingerprint density at radius 2 is 1.74 bits per heavy atom. The molecule has 1 atom stereocenters. The van der Waals surface area contributed by atoms with Crippen LogP contribution in [0.3, 0.4) is 0 Å². The molecule has 31 heavy (non-hydrogen) atoms. The van der Waals surface area contributed by atoms with Crippen LogP contribution in [0.4, 0.5) is 4.79 Å². The monoisotopic (exact) mass is 452 g/mol. The van der Waals surface area contributed by atoms with E-state index in [2.05, 4.69) is 5.32 Å². The van der Waals surface area contributed by atoms with Crippen LogP contribution in [-0.4, -0.2) is 79.8 Å². The number of piperidine rings is 1. The number of hydrogen-bond donors (Lipinski definition) is 1. The lowest BCUT2D eigenvalue weighted by molar-refractivity contribution is -0.126. The van der Waals surface area contributed by atoms with E-state index in [1.807, 2.05) is 31.2 Å². The van der Waals surface area contributed by atoms with Gasteiger partial charge in [-0.05, 0) is 32.3 Å². The average molecular weight is 453 g/mol. The van der Waals surface area contributed by atoms with E-state index in [1.165, 1.54) is 13.5 Å². The minimum Gasteiger partial charge on any atom is -0.450 e. The van der Waals surface area contributed by atoms with Crippen molar-refractivity contribution >= 4 is 22.2 Å². The van der Waals surface area contributed by atoms with E-state index in [4.69, 9.17) is 4.74 Å². The second-order valence-corrected chi connectivity index (χ2v) is 9.92. The van der Waals surface area contributed by atoms with Crippen molar-refractivity contribution in [3.05, 3.63) is 35.4 Å². The molecule has 2 heterocycles. The van der Waals surface area contributed by atoms with Crippen molar-refractivity contribution in [1.82, 2.24) is 18.8 Å². The molecule has 2 aliphatic rings. The summed E-state index contributed by atoms with van der Waals surface area (Å²) in [6.07, 6.45) is 0.898. The van der Waals surface area contributed by atoms with Crippen molar-refractivity contribution in [1.29, 1.82) is 0 Å². The maximum Gasteiger partial charge on any atom is 0.409 e. The smallest absolute Gasteiger partial charge is 0.409 e. The third-order valence-corrected chi connectivity index (χ3v) is 7.76. The second-order valence-electron chi connectivity index (χ2n) is 7.99. The number of nitrogens with zero attached hydrogens (tertiary/aromatic N) is 3. The topological polar surface area (TPSA) is 99.3 Å². The Bertz CT molecular complexity index is 866. The quantitative estimate of drug-likeness (QED) is 0.702. The predicted octanol–water partition coefficient (Wildman–Crippen LogP) is 1.34. The number of amides is 2. The highest BCUT2D eigenvalue weighted by molar-refractivity contribution is 7.86. The fourth-order valence-corrected chi connectivity index (χ4v) is 5.56. The maximum atomic E-state index is 13.1. The summed E-state index contributed by atoms with van der Waals surface area (Å²) in [6.45, 7) is 6.10. The van der Waals surface area contributed by atoms with Gasteiger partial charge in [0.25, 0.3) is 10.2 Å². The standard InChI is InChI=1S/C21H32N4O5S/c1-3-30-21(27)23-11-13-24(14-12-23)31(28,29)25-10-4-5-19(16-25)20(26)22-15-18-8-6-17(2)7-9-18/h6-9,19H,3-5,10-16H2,1-2H3,(H,22,26)/t19-/m1/s1. The third kappa shape index (κ3) is 5.96. The van der Waals surface area contributed by atoms with Gasteiger partial charge in [0.2, 0.25) is 5.91 Å². The van der Waals surface area contributed by atoms with Crippen LogP contribution in [0.5, 0.6) is 0 Å². The van der Waals surface area contributed by atoms with Gasteiger partial charge in [0.05, 0.1) is 12.5 Å². The van der Waals surface area contributed by atoms with Crippen molar-refractivity contribution in [2.24, 2.45) is 5.92 Å². The Kier molecular flexibility index (Phi) is 7.90. The van der Waals surface area contributed by atoms with Crippen molar-refractivity contribution in [3.63, 3.8) is 0 Å². The third-order valence-electron chi connectivity index (χ3n) is 5.76. The Morgan fingerprint density at radius 3 is 2.39 bits per heavy atom. The van der Waals surface area contributed by atoms with Gasteiger partial charge >= 0.3 is 6.09 Å². The molecule has 0 bridgehead atoms. The number of aryl methyl sites for hydroxylation is 1. The molecule has 1 aromatic carbocycles. The molecule has 2 fully saturated rings. The molecule has 0 aromatic heterocycles. The highest BCUT2D eigenvalue weighted by atomic mass is 32.2. The summed E-state index contributed by atoms with van der Waals surface area (Å²) < 4.78 is 34.0. The van der Waals surface area contributed by atoms with E-state index in [0.717, 1.165) is 11.1 Å². The van der Waals surface area contributed by atoms with Crippen molar-refractivity contribution in [3.8, 4) is 0 Å². The number of carbonyl (C=O) groups is 2. The molecule has 3 rings (SSSR count). The number of ether oxygens (including phenoxy) is 1. The van der Waals surface area contributed by atoms with E-state index >= 15 is 0 Å². The predicted molar refractivity (Wildman–Crippen MR) is 116 cm³/mol. The summed E-state index contributed by atoms with van der Waals surface area (Å²) in [7, 11) is -3.68. The van der Waals surface area contributed by atoms with Crippen LogP contribution >= 0.6 is 0 Å². The minimum atomic E-state index is -3.68. The lowest BCUT2D eigenvalue weighted by Gasteiger charge is -2.38. The van der Waals surface area contributed by atoms with E-state index in [-0.39, 0.29) is 31.5 Å². The molecule has 10 heteroatoms. The Morgan fingerprint density at radius 1 is 1.06 bits per heavy atom. The summed E-state index contributed by atoms with van der Waals surface area (Å²) in [5.41, 5.74) is 2.17. The molecule has 0 radical (unpaired) electrons. The number of rotatable bonds is 6. The molecule has 0 saturated carbocycles. The minimum absolute atomic E-state index is 0.118. The summed E-state index contributed by atoms with van der Waals surface area (Å²) in [6, 6.07) is 7.95. The van der Waals surface area contributed by atoms with Gasteiger partial charge < -0.3 is 15.0 Å². The molecule has 1 aromatic rings. The van der Waals surface area contributed by atoms with E-state index in [9.17, 15) is 18.0 Å². The van der Waals surface area contributed by atoms with Crippen LogP contribution in [0.25, 0.3) is 0 Å². The van der Waals surface area contributed by atoms with Gasteiger partial charge in [-0.3, -0.25) is 4.79 Å². The molecule has 2 saturated heterocycles. The molecular weight excluding hydrogens is 420 g/mol. The van der Waals surface area contributed by atoms with E-state index < -0.39 is 16.3 Å². The molecule has 172 valence electrons. The molecular formula is C21H32N4O5S. The van der Waals surface area contributed by atoms with Crippen LogP contribution in [0.1, 0.15) is 30.9 Å². The largest absolute Gasteiger partial charge is 0.450 e. The van der Waals surface area contributed by atoms with Gasteiger partial charge in [-0.1, -0.05) is 29.8 Å². The van der Waals surface area contributed by atoms with E-state index in [1.54, 1.807) is 6.92 Å². The first-order valence-corrected chi connectivity index (χ1v) is 12.2. The van der Waals surface area contributed by atoms with Crippen molar-refractivity contribution in [2.75, 3.05) is 45.9 Å². The zero-order valence-corrected chi connectivity index (χ0v) is 19.1. The fourth-order valence-electron chi connectivity index (χ4n) is 3.88. The molecule has 2 aliphatic heterocycles. The number of piperazine rings is 1. The van der Waals surface area contributed by atoms with Crippen LogP contribution in [0.15, 0.2) is 24.3 Å². The summed E-state index contributed by atoms with van der Waals surface area (Å²) in [5, 5.41) is 2.94. The van der Waals surface area contributed by atoms with E-state index in [0.29, 0.717) is 45.6 Å². The first-order chi connectivity index (χ1) is 14.8. The molecule has 0 spiro atoms. The summed E-state index contributed by atoms with van der Waals surface area (Å²) in [5.74, 6) is -0.484. The van der Waals surface area contributed by atoms with Crippen molar-refractivity contribution in [2.45, 2.75) is 33.2 Å². The lowest BCUT2D eigenvalue weighted by atomic mass is 9.98. The Labute approximate surface area is 184 Å². The van der Waals surface area contributed by atoms with Crippen LogP contribution in [0.2, 0.25) is 0 Å². The summed E-state index contributed by atoms with van der Waals surface area (Å²) >= 11 is 0. The Hall–Kier alpha value is -2.17. The highest BCUT2D eigenvalue weighted by Gasteiger charge is 2.37. The Balaban J connectivity index is 1.53. The van der Waals surface area contributed by atoms with Gasteiger partial charge in [0, 0.05) is 45.8 Å². The maximum absolute atomic E-state index is 13.1. The molecule has 0 unspecified atom stereocenters. The van der Waals surface area contributed by atoms with Gasteiger partial charge in [-0.2, -0.15) is 17.0 Å². The first kappa shape index (κ1) is 23.5. The SMILES string of the molecule is CCOC(=O)N1CCN(S(=O)(=O)N2CCC[C@@H](C(=O)NCc3ccc(C)cc3)C2)CC1. The van der Waals surface area contributed by atoms with Gasteiger partial charge in [-0.15, -0.1) is 0 Å². The van der Waals surface area contributed by atoms with Gasteiger partial charge in [-0.25, -0.2) is 4.79 Å².